The topological polar surface area (TPSA) is 80.9 Å². The summed E-state index contributed by atoms with van der Waals surface area (Å²) in [6, 6.07) is 1.55. The molecule has 0 saturated carbocycles. The van der Waals surface area contributed by atoms with E-state index in [1.54, 1.807) is 0 Å². The molecule has 0 aromatic carbocycles. The van der Waals surface area contributed by atoms with Crippen molar-refractivity contribution in [2.75, 3.05) is 11.1 Å². The highest BCUT2D eigenvalue weighted by Crippen LogP contribution is 2.36. The van der Waals surface area contributed by atoms with Gasteiger partial charge in [0.2, 0.25) is 5.91 Å². The average Bonchev–Trinajstić information content (AvgIpc) is 2.59. The Balaban J connectivity index is 0. The first-order chi connectivity index (χ1) is 13.2. The Morgan fingerprint density at radius 1 is 0.967 bits per heavy atom. The predicted molar refractivity (Wildman–Crippen MR) is 110 cm³/mol. The molecule has 0 aliphatic heterocycles. The predicted octanol–water partition coefficient (Wildman–Crippen LogP) is 4.12. The van der Waals surface area contributed by atoms with Crippen molar-refractivity contribution in [3.05, 3.63) is 44.6 Å². The van der Waals surface area contributed by atoms with Crippen molar-refractivity contribution >= 4 is 73.3 Å². The fourth-order valence-electron chi connectivity index (χ4n) is 1.58. The third kappa shape index (κ3) is 10.4. The number of nitrogens with zero attached hydrogens (tertiary/aromatic N) is 2. The minimum atomic E-state index is -4.48. The van der Waals surface area contributed by atoms with Gasteiger partial charge in [-0.3, -0.25) is 4.79 Å². The zero-order valence-corrected chi connectivity index (χ0v) is 18.1. The second kappa shape index (κ2) is 12.9. The van der Waals surface area contributed by atoms with Crippen molar-refractivity contribution in [1.82, 2.24) is 9.97 Å². The van der Waals surface area contributed by atoms with Crippen LogP contribution in [-0.2, 0) is 17.1 Å². The maximum Gasteiger partial charge on any atom is 0.417 e. The highest BCUT2D eigenvalue weighted by Gasteiger charge is 2.34. The summed E-state index contributed by atoms with van der Waals surface area (Å²) in [7, 11) is 8.00. The van der Waals surface area contributed by atoms with Crippen LogP contribution in [0, 0.1) is 0 Å². The Morgan fingerprint density at radius 2 is 1.37 bits per heavy atom. The molecule has 30 heavy (non-hydrogen) atoms. The van der Waals surface area contributed by atoms with Gasteiger partial charge in [0.15, 0.2) is 0 Å². The van der Waals surface area contributed by atoms with Gasteiger partial charge in [-0.1, -0.05) is 0 Å². The molecule has 16 heteroatoms. The fraction of sp³-hybridized carbons (Fsp3) is 0.214. The third-order valence-electron chi connectivity index (χ3n) is 2.65. The van der Waals surface area contributed by atoms with E-state index in [4.69, 9.17) is 5.73 Å². The monoisotopic (exact) mass is 555 g/mol. The summed E-state index contributed by atoms with van der Waals surface area (Å²) in [5.74, 6) is -0.749. The van der Waals surface area contributed by atoms with Gasteiger partial charge in [-0.15, -0.1) is 0 Å². The number of hydrogen-bond donors (Lipinski definition) is 2. The Morgan fingerprint density at radius 3 is 1.73 bits per heavy atom. The van der Waals surface area contributed by atoms with Gasteiger partial charge in [-0.05, 0) is 44.0 Å². The molecule has 0 fully saturated rings. The van der Waals surface area contributed by atoms with Crippen molar-refractivity contribution in [2.24, 2.45) is 0 Å². The smallest absolute Gasteiger partial charge is 0.384 e. The van der Waals surface area contributed by atoms with E-state index in [1.165, 1.54) is 6.92 Å². The van der Waals surface area contributed by atoms with Crippen LogP contribution < -0.4 is 11.1 Å². The lowest BCUT2D eigenvalue weighted by Crippen LogP contribution is -2.11. The van der Waals surface area contributed by atoms with E-state index >= 15 is 0 Å². The van der Waals surface area contributed by atoms with E-state index in [0.29, 0.717) is 0 Å². The average molecular weight is 556 g/mol. The SMILES string of the molecule is CC(=O)Nc1cc(C(F)(F)F)c(Br)cn1.Nc1cc(C(F)(F)F)c(Br)cn1.[B].[B][B]. The lowest BCUT2D eigenvalue weighted by atomic mass is 9.81. The molecule has 0 bridgehead atoms. The molecule has 0 atom stereocenters. The van der Waals surface area contributed by atoms with E-state index < -0.39 is 29.4 Å². The molecule has 1 amide bonds. The Kier molecular flexibility index (Phi) is 13.1. The number of nitrogen functional groups attached to an aromatic ring is 1. The normalized spacial score (nSPS) is 10.4. The number of alkyl halides is 6. The molecule has 0 saturated heterocycles. The van der Waals surface area contributed by atoms with Crippen molar-refractivity contribution in [3.8, 4) is 0 Å². The van der Waals surface area contributed by atoms with Crippen LogP contribution in [0.4, 0.5) is 38.0 Å². The zero-order valence-electron chi connectivity index (χ0n) is 14.9. The highest BCUT2D eigenvalue weighted by molar-refractivity contribution is 9.10. The van der Waals surface area contributed by atoms with Gasteiger partial charge < -0.3 is 11.1 Å². The first-order valence-corrected chi connectivity index (χ1v) is 8.62. The van der Waals surface area contributed by atoms with Gasteiger partial charge in [-0.25, -0.2) is 9.97 Å². The van der Waals surface area contributed by atoms with E-state index in [-0.39, 0.29) is 29.0 Å². The van der Waals surface area contributed by atoms with Gasteiger partial charge in [0.1, 0.15) is 11.6 Å². The van der Waals surface area contributed by atoms with Crippen LogP contribution in [0.5, 0.6) is 0 Å². The van der Waals surface area contributed by atoms with Crippen molar-refractivity contribution in [2.45, 2.75) is 19.3 Å². The van der Waals surface area contributed by atoms with E-state index in [0.717, 1.165) is 24.5 Å². The third-order valence-corrected chi connectivity index (χ3v) is 3.91. The van der Waals surface area contributed by atoms with Crippen LogP contribution in [0.1, 0.15) is 18.1 Å². The molecular weight excluding hydrogens is 546 g/mol. The van der Waals surface area contributed by atoms with Crippen LogP contribution in [0.25, 0.3) is 0 Å². The molecule has 2 rings (SSSR count). The Hall–Kier alpha value is -1.70. The summed E-state index contributed by atoms with van der Waals surface area (Å²) in [5.41, 5.74) is 3.41. The van der Waals surface area contributed by atoms with Gasteiger partial charge >= 0.3 is 12.4 Å². The number of anilines is 2. The molecule has 2 aromatic rings. The number of amides is 1. The summed E-state index contributed by atoms with van der Waals surface area (Å²) in [6.07, 6.45) is -6.85. The number of carbonyl (C=O) groups is 1. The summed E-state index contributed by atoms with van der Waals surface area (Å²) in [4.78, 5) is 17.7. The number of pyridine rings is 2. The number of aromatic nitrogens is 2. The summed E-state index contributed by atoms with van der Waals surface area (Å²) >= 11 is 5.47. The molecule has 0 aliphatic rings. The molecule has 5 nitrogen and oxygen atoms in total. The second-order valence-corrected chi connectivity index (χ2v) is 6.52. The van der Waals surface area contributed by atoms with Crippen LogP contribution in [-0.4, -0.2) is 39.8 Å². The lowest BCUT2D eigenvalue weighted by Gasteiger charge is -2.10. The standard InChI is InChI=1S/C8H6BrF3N2O.C6H4BrF3N2.B2.B/c1-4(15)14-7-2-5(8(10,11)12)6(9)3-13-7;7-4-2-12-5(11)1-3(4)6(8,9)10;1-2;/h2-3H,1H3,(H,13,14,15);1-2H,(H2,11,12);;. The lowest BCUT2D eigenvalue weighted by molar-refractivity contribution is -0.139. The van der Waals surface area contributed by atoms with Crippen LogP contribution in [0.15, 0.2) is 33.5 Å². The Bertz CT molecular complexity index is 840. The van der Waals surface area contributed by atoms with Crippen LogP contribution >= 0.6 is 31.9 Å². The van der Waals surface area contributed by atoms with E-state index in [9.17, 15) is 31.1 Å². The van der Waals surface area contributed by atoms with Gasteiger partial charge in [0.25, 0.3) is 0 Å². The number of nitrogens with two attached hydrogens (primary N) is 1. The van der Waals surface area contributed by atoms with E-state index in [1.807, 2.05) is 0 Å². The van der Waals surface area contributed by atoms with Crippen molar-refractivity contribution < 1.29 is 31.1 Å². The van der Waals surface area contributed by atoms with Crippen LogP contribution in [0.3, 0.4) is 0 Å². The molecular formula is C14H10B3Br2F6N4O. The molecule has 0 spiro atoms. The molecule has 0 unspecified atom stereocenters. The quantitative estimate of drug-likeness (QED) is 0.409. The minimum absolute atomic E-state index is 0. The van der Waals surface area contributed by atoms with Crippen molar-refractivity contribution in [3.63, 3.8) is 0 Å². The number of hydrogen-bond acceptors (Lipinski definition) is 4. The summed E-state index contributed by atoms with van der Waals surface area (Å²) in [5, 5.41) is 2.17. The minimum Gasteiger partial charge on any atom is -0.384 e. The molecule has 3 N–H and O–H groups in total. The van der Waals surface area contributed by atoms with Gasteiger partial charge in [-0.2, -0.15) is 26.3 Å². The first-order valence-electron chi connectivity index (χ1n) is 7.03. The largest absolute Gasteiger partial charge is 0.417 e. The number of rotatable bonds is 1. The van der Waals surface area contributed by atoms with Crippen LogP contribution in [0.2, 0.25) is 0 Å². The molecule has 0 aliphatic carbocycles. The molecule has 7 radical (unpaired) electrons. The second-order valence-electron chi connectivity index (χ2n) is 4.82. The van der Waals surface area contributed by atoms with E-state index in [2.05, 4.69) is 62.6 Å². The highest BCUT2D eigenvalue weighted by atomic mass is 79.9. The maximum absolute atomic E-state index is 12.4. The number of carbonyl (C=O) groups excluding carboxylic acids is 1. The summed E-state index contributed by atoms with van der Waals surface area (Å²) in [6.45, 7) is 1.19. The molecule has 2 aromatic heterocycles. The zero-order chi connectivity index (χ0) is 23.0. The first kappa shape index (κ1) is 30.5. The van der Waals surface area contributed by atoms with Gasteiger partial charge in [0.05, 0.1) is 11.1 Å². The number of nitrogens with one attached hydrogen (secondary N) is 1. The van der Waals surface area contributed by atoms with Crippen molar-refractivity contribution in [1.29, 1.82) is 0 Å². The summed E-state index contributed by atoms with van der Waals surface area (Å²) < 4.78 is 73.3. The maximum atomic E-state index is 12.4. The molecule has 2 heterocycles. The Labute approximate surface area is 189 Å². The molecule has 157 valence electrons. The number of halogens is 8. The van der Waals surface area contributed by atoms with Gasteiger partial charge in [0, 0.05) is 52.2 Å². The fourth-order valence-corrected chi connectivity index (χ4v) is 2.46.